The lowest BCUT2D eigenvalue weighted by atomic mass is 9.76. The van der Waals surface area contributed by atoms with Crippen LogP contribution in [0.15, 0.2) is 4.52 Å². The van der Waals surface area contributed by atoms with E-state index in [1.807, 2.05) is 20.8 Å². The van der Waals surface area contributed by atoms with Gasteiger partial charge in [-0.3, -0.25) is 4.79 Å². The number of hydrogen-bond acceptors (Lipinski definition) is 4. The van der Waals surface area contributed by atoms with Crippen molar-refractivity contribution in [1.82, 2.24) is 10.1 Å². The lowest BCUT2D eigenvalue weighted by Gasteiger charge is -2.27. The van der Waals surface area contributed by atoms with E-state index in [1.165, 1.54) is 0 Å². The second-order valence-electron chi connectivity index (χ2n) is 5.41. The van der Waals surface area contributed by atoms with Gasteiger partial charge in [0.15, 0.2) is 5.82 Å². The number of carboxylic acid groups (broad SMARTS) is 1. The van der Waals surface area contributed by atoms with Crippen molar-refractivity contribution in [3.63, 3.8) is 0 Å². The number of carboxylic acids is 1. The fraction of sp³-hybridized carbons (Fsp3) is 0.769. The van der Waals surface area contributed by atoms with Gasteiger partial charge in [-0.15, -0.1) is 0 Å². The van der Waals surface area contributed by atoms with Gasteiger partial charge in [-0.1, -0.05) is 32.9 Å². The molecule has 0 radical (unpaired) electrons. The van der Waals surface area contributed by atoms with Gasteiger partial charge in [0.05, 0.1) is 5.41 Å². The molecule has 0 spiro atoms. The summed E-state index contributed by atoms with van der Waals surface area (Å²) in [6.45, 7) is 9.57. The molecule has 0 aliphatic rings. The summed E-state index contributed by atoms with van der Waals surface area (Å²) in [6.07, 6.45) is 1.20. The molecule has 18 heavy (non-hydrogen) atoms. The first-order chi connectivity index (χ1) is 8.31. The predicted molar refractivity (Wildman–Crippen MR) is 67.3 cm³/mol. The number of aromatic nitrogens is 2. The SMILES string of the molecule is CCC(C)c1noc(CC(C)(C(=O)O)C(C)C)n1. The number of carbonyl (C=O) groups is 1. The Morgan fingerprint density at radius 2 is 2.06 bits per heavy atom. The fourth-order valence-electron chi connectivity index (χ4n) is 1.56. The van der Waals surface area contributed by atoms with E-state index in [2.05, 4.69) is 17.1 Å². The van der Waals surface area contributed by atoms with Crippen molar-refractivity contribution in [2.75, 3.05) is 0 Å². The average Bonchev–Trinajstić information content (AvgIpc) is 2.75. The Morgan fingerprint density at radius 1 is 1.44 bits per heavy atom. The van der Waals surface area contributed by atoms with Crippen LogP contribution in [-0.2, 0) is 11.2 Å². The van der Waals surface area contributed by atoms with Crippen LogP contribution in [0.2, 0.25) is 0 Å². The Hall–Kier alpha value is -1.39. The van der Waals surface area contributed by atoms with Crippen molar-refractivity contribution in [3.05, 3.63) is 11.7 Å². The molecule has 102 valence electrons. The highest BCUT2D eigenvalue weighted by atomic mass is 16.5. The molecule has 0 aliphatic carbocycles. The van der Waals surface area contributed by atoms with Crippen LogP contribution in [0.1, 0.15) is 58.7 Å². The Labute approximate surface area is 108 Å². The van der Waals surface area contributed by atoms with E-state index < -0.39 is 11.4 Å². The molecule has 1 N–H and O–H groups in total. The first-order valence-corrected chi connectivity index (χ1v) is 6.37. The Kier molecular flexibility index (Phi) is 4.48. The maximum absolute atomic E-state index is 11.4. The maximum atomic E-state index is 11.4. The van der Waals surface area contributed by atoms with E-state index in [-0.39, 0.29) is 18.3 Å². The molecule has 1 aromatic rings. The number of hydrogen-bond donors (Lipinski definition) is 1. The molecular weight excluding hydrogens is 232 g/mol. The van der Waals surface area contributed by atoms with Crippen molar-refractivity contribution in [3.8, 4) is 0 Å². The molecule has 1 aromatic heterocycles. The van der Waals surface area contributed by atoms with Crippen LogP contribution in [-0.4, -0.2) is 21.2 Å². The Bertz CT molecular complexity index is 414. The third kappa shape index (κ3) is 2.89. The second-order valence-corrected chi connectivity index (χ2v) is 5.41. The van der Waals surface area contributed by atoms with E-state index in [1.54, 1.807) is 6.92 Å². The minimum Gasteiger partial charge on any atom is -0.481 e. The van der Waals surface area contributed by atoms with Crippen LogP contribution in [0.5, 0.6) is 0 Å². The van der Waals surface area contributed by atoms with Gasteiger partial charge in [-0.25, -0.2) is 0 Å². The number of aliphatic carboxylic acids is 1. The van der Waals surface area contributed by atoms with Gasteiger partial charge in [0.1, 0.15) is 0 Å². The summed E-state index contributed by atoms with van der Waals surface area (Å²) in [5, 5.41) is 13.2. The normalized spacial score (nSPS) is 16.6. The molecule has 0 fully saturated rings. The molecule has 2 atom stereocenters. The Morgan fingerprint density at radius 3 is 2.50 bits per heavy atom. The number of nitrogens with zero attached hydrogens (tertiary/aromatic N) is 2. The van der Waals surface area contributed by atoms with E-state index in [9.17, 15) is 9.90 Å². The van der Waals surface area contributed by atoms with E-state index in [0.29, 0.717) is 11.7 Å². The lowest BCUT2D eigenvalue weighted by molar-refractivity contribution is -0.150. The minimum absolute atomic E-state index is 0.00560. The fourth-order valence-corrected chi connectivity index (χ4v) is 1.56. The van der Waals surface area contributed by atoms with Gasteiger partial charge >= 0.3 is 5.97 Å². The van der Waals surface area contributed by atoms with Crippen LogP contribution in [0.25, 0.3) is 0 Å². The highest BCUT2D eigenvalue weighted by Crippen LogP contribution is 2.31. The van der Waals surface area contributed by atoms with Crippen molar-refractivity contribution in [2.24, 2.45) is 11.3 Å². The summed E-state index contributed by atoms with van der Waals surface area (Å²) in [5.74, 6) is 0.459. The maximum Gasteiger partial charge on any atom is 0.310 e. The molecule has 0 amide bonds. The summed E-state index contributed by atoms with van der Waals surface area (Å²) in [6, 6.07) is 0. The molecule has 5 nitrogen and oxygen atoms in total. The van der Waals surface area contributed by atoms with Gasteiger partial charge in [0, 0.05) is 12.3 Å². The first-order valence-electron chi connectivity index (χ1n) is 6.37. The summed E-state index contributed by atoms with van der Waals surface area (Å²) in [5.41, 5.74) is -0.876. The summed E-state index contributed by atoms with van der Waals surface area (Å²) in [4.78, 5) is 15.7. The molecule has 0 saturated heterocycles. The third-order valence-corrected chi connectivity index (χ3v) is 3.82. The van der Waals surface area contributed by atoms with Crippen molar-refractivity contribution >= 4 is 5.97 Å². The molecule has 0 bridgehead atoms. The van der Waals surface area contributed by atoms with Gasteiger partial charge in [0.25, 0.3) is 0 Å². The number of rotatable bonds is 6. The zero-order valence-electron chi connectivity index (χ0n) is 11.7. The third-order valence-electron chi connectivity index (χ3n) is 3.82. The molecular formula is C13H22N2O3. The van der Waals surface area contributed by atoms with E-state index in [4.69, 9.17) is 4.52 Å². The monoisotopic (exact) mass is 254 g/mol. The lowest BCUT2D eigenvalue weighted by Crippen LogP contribution is -2.35. The van der Waals surface area contributed by atoms with Crippen LogP contribution in [0, 0.1) is 11.3 Å². The van der Waals surface area contributed by atoms with E-state index >= 15 is 0 Å². The summed E-state index contributed by atoms with van der Waals surface area (Å²) >= 11 is 0. The zero-order chi connectivity index (χ0) is 13.9. The quantitative estimate of drug-likeness (QED) is 0.844. The molecule has 0 aromatic carbocycles. The molecule has 1 heterocycles. The average molecular weight is 254 g/mol. The van der Waals surface area contributed by atoms with Crippen molar-refractivity contribution in [2.45, 2.75) is 53.4 Å². The molecule has 1 rings (SSSR count). The molecule has 0 saturated carbocycles. The van der Waals surface area contributed by atoms with Crippen LogP contribution in [0.3, 0.4) is 0 Å². The van der Waals surface area contributed by atoms with Crippen LogP contribution in [0.4, 0.5) is 0 Å². The predicted octanol–water partition coefficient (Wildman–Crippen LogP) is 2.87. The first kappa shape index (κ1) is 14.7. The highest BCUT2D eigenvalue weighted by molar-refractivity contribution is 5.74. The minimum atomic E-state index is -0.876. The Balaban J connectivity index is 2.89. The summed E-state index contributed by atoms with van der Waals surface area (Å²) in [7, 11) is 0. The largest absolute Gasteiger partial charge is 0.481 e. The molecule has 0 aliphatic heterocycles. The highest BCUT2D eigenvalue weighted by Gasteiger charge is 2.38. The molecule has 5 heteroatoms. The van der Waals surface area contributed by atoms with Crippen molar-refractivity contribution in [1.29, 1.82) is 0 Å². The van der Waals surface area contributed by atoms with Gasteiger partial charge < -0.3 is 9.63 Å². The smallest absolute Gasteiger partial charge is 0.310 e. The van der Waals surface area contributed by atoms with Crippen LogP contribution < -0.4 is 0 Å². The van der Waals surface area contributed by atoms with Gasteiger partial charge in [0.2, 0.25) is 5.89 Å². The standard InChI is InChI=1S/C13H22N2O3/c1-6-9(4)11-14-10(18-15-11)7-13(5,8(2)3)12(16)17/h8-9H,6-7H2,1-5H3,(H,16,17). The molecule has 2 unspecified atom stereocenters. The second kappa shape index (κ2) is 5.50. The zero-order valence-corrected chi connectivity index (χ0v) is 11.7. The topological polar surface area (TPSA) is 76.2 Å². The van der Waals surface area contributed by atoms with Gasteiger partial charge in [-0.2, -0.15) is 4.98 Å². The van der Waals surface area contributed by atoms with Gasteiger partial charge in [-0.05, 0) is 19.3 Å². The van der Waals surface area contributed by atoms with Crippen molar-refractivity contribution < 1.29 is 14.4 Å². The van der Waals surface area contributed by atoms with E-state index in [0.717, 1.165) is 6.42 Å². The van der Waals surface area contributed by atoms with Crippen LogP contribution >= 0.6 is 0 Å². The summed E-state index contributed by atoms with van der Waals surface area (Å²) < 4.78 is 5.16.